The van der Waals surface area contributed by atoms with Crippen LogP contribution in [-0.4, -0.2) is 57.1 Å². The highest BCUT2D eigenvalue weighted by Crippen LogP contribution is 2.27. The third-order valence-electron chi connectivity index (χ3n) is 4.10. The minimum absolute atomic E-state index is 0.305. The van der Waals surface area contributed by atoms with E-state index in [1.54, 1.807) is 36.4 Å². The predicted octanol–water partition coefficient (Wildman–Crippen LogP) is 1.28. The Morgan fingerprint density at radius 1 is 0.885 bits per heavy atom. The van der Waals surface area contributed by atoms with Crippen LogP contribution < -0.4 is 4.74 Å². The van der Waals surface area contributed by atoms with Crippen molar-refractivity contribution in [2.45, 2.75) is 30.7 Å². The van der Waals surface area contributed by atoms with Crippen LogP contribution in [0.5, 0.6) is 5.75 Å². The van der Waals surface area contributed by atoms with E-state index in [0.29, 0.717) is 10.8 Å². The third-order valence-corrected chi connectivity index (χ3v) is 4.35. The maximum absolute atomic E-state index is 11.1. The Bertz CT molecular complexity index is 762. The quantitative estimate of drug-likeness (QED) is 0.631. The van der Waals surface area contributed by atoms with Gasteiger partial charge in [0.2, 0.25) is 6.29 Å². The molecule has 2 aromatic rings. The zero-order chi connectivity index (χ0) is 18.8. The van der Waals surface area contributed by atoms with Gasteiger partial charge >= 0.3 is 5.97 Å². The van der Waals surface area contributed by atoms with Gasteiger partial charge in [-0.25, -0.2) is 4.79 Å². The van der Waals surface area contributed by atoms with E-state index in [0.717, 1.165) is 11.1 Å². The minimum Gasteiger partial charge on any atom is -0.479 e. The Morgan fingerprint density at radius 2 is 1.42 bits per heavy atom. The van der Waals surface area contributed by atoms with Crippen molar-refractivity contribution in [3.05, 3.63) is 53.6 Å². The highest BCUT2D eigenvalue weighted by Gasteiger charge is 2.48. The molecule has 138 valence electrons. The molecule has 2 aromatic carbocycles. The van der Waals surface area contributed by atoms with Crippen LogP contribution in [0.2, 0.25) is 5.02 Å². The molecular weight excluding hydrogens is 364 g/mol. The summed E-state index contributed by atoms with van der Waals surface area (Å²) in [5, 5.41) is 39.1. The third kappa shape index (κ3) is 3.82. The standard InChI is InChI=1S/C18H17ClO7/c19-11-5-1-9(2-6-11)10-3-7-12(8-4-10)25-18-15(22)13(20)14(21)16(26-18)17(23)24/h1-8,13-16,18,20-22H,(H,23,24). The molecule has 0 aromatic heterocycles. The van der Waals surface area contributed by atoms with Gasteiger partial charge in [-0.05, 0) is 35.4 Å². The van der Waals surface area contributed by atoms with Crippen molar-refractivity contribution in [1.82, 2.24) is 0 Å². The summed E-state index contributed by atoms with van der Waals surface area (Å²) in [6.07, 6.45) is -8.20. The van der Waals surface area contributed by atoms with Gasteiger partial charge in [-0.2, -0.15) is 0 Å². The van der Waals surface area contributed by atoms with Crippen molar-refractivity contribution < 1.29 is 34.7 Å². The van der Waals surface area contributed by atoms with Crippen LogP contribution in [0.3, 0.4) is 0 Å². The van der Waals surface area contributed by atoms with Gasteiger partial charge in [0, 0.05) is 5.02 Å². The van der Waals surface area contributed by atoms with Crippen LogP contribution in [0.4, 0.5) is 0 Å². The maximum atomic E-state index is 11.1. The Labute approximate surface area is 154 Å². The van der Waals surface area contributed by atoms with E-state index in [2.05, 4.69) is 0 Å². The second kappa shape index (κ2) is 7.61. The Hall–Kier alpha value is -2.16. The van der Waals surface area contributed by atoms with Crippen LogP contribution in [0, 0.1) is 0 Å². The number of benzene rings is 2. The molecule has 0 radical (unpaired) electrons. The number of carbonyl (C=O) groups is 1. The maximum Gasteiger partial charge on any atom is 0.335 e. The average Bonchev–Trinajstić information content (AvgIpc) is 2.63. The van der Waals surface area contributed by atoms with Crippen molar-refractivity contribution in [3.63, 3.8) is 0 Å². The normalized spacial score (nSPS) is 28.5. The van der Waals surface area contributed by atoms with Crippen LogP contribution in [0.25, 0.3) is 11.1 Å². The van der Waals surface area contributed by atoms with Gasteiger partial charge in [0.25, 0.3) is 0 Å². The fourth-order valence-electron chi connectivity index (χ4n) is 2.65. The van der Waals surface area contributed by atoms with Crippen LogP contribution in [0.1, 0.15) is 0 Å². The van der Waals surface area contributed by atoms with E-state index in [4.69, 9.17) is 26.2 Å². The first-order valence-corrected chi connectivity index (χ1v) is 8.20. The molecule has 1 fully saturated rings. The van der Waals surface area contributed by atoms with Gasteiger partial charge in [-0.3, -0.25) is 0 Å². The second-order valence-corrected chi connectivity index (χ2v) is 6.32. The Morgan fingerprint density at radius 3 is 1.96 bits per heavy atom. The van der Waals surface area contributed by atoms with E-state index < -0.39 is 36.7 Å². The Balaban J connectivity index is 1.73. The number of rotatable bonds is 4. The van der Waals surface area contributed by atoms with Crippen molar-refractivity contribution in [1.29, 1.82) is 0 Å². The first kappa shape index (κ1) is 18.6. The summed E-state index contributed by atoms with van der Waals surface area (Å²) in [4.78, 5) is 11.1. The molecule has 0 amide bonds. The summed E-state index contributed by atoms with van der Waals surface area (Å²) in [5.41, 5.74) is 1.84. The molecule has 3 rings (SSSR count). The lowest BCUT2D eigenvalue weighted by atomic mass is 9.99. The topological polar surface area (TPSA) is 116 Å². The van der Waals surface area contributed by atoms with E-state index >= 15 is 0 Å². The van der Waals surface area contributed by atoms with Gasteiger partial charge in [0.05, 0.1) is 0 Å². The number of aliphatic carboxylic acids is 1. The molecule has 1 aliphatic heterocycles. The number of halogens is 1. The lowest BCUT2D eigenvalue weighted by Gasteiger charge is -2.38. The number of hydrogen-bond acceptors (Lipinski definition) is 6. The van der Waals surface area contributed by atoms with Gasteiger partial charge in [-0.1, -0.05) is 35.9 Å². The summed E-state index contributed by atoms with van der Waals surface area (Å²) < 4.78 is 10.5. The molecular formula is C18H17ClO7. The van der Waals surface area contributed by atoms with E-state index in [1.807, 2.05) is 12.1 Å². The van der Waals surface area contributed by atoms with E-state index in [-0.39, 0.29) is 0 Å². The lowest BCUT2D eigenvalue weighted by molar-refractivity contribution is -0.271. The Kier molecular flexibility index (Phi) is 5.45. The predicted molar refractivity (Wildman–Crippen MR) is 91.8 cm³/mol. The summed E-state index contributed by atoms with van der Waals surface area (Å²) in [6, 6.07) is 14.0. The molecule has 7 nitrogen and oxygen atoms in total. The molecule has 1 saturated heterocycles. The average molecular weight is 381 g/mol. The highest BCUT2D eigenvalue weighted by atomic mass is 35.5. The first-order chi connectivity index (χ1) is 12.4. The molecule has 0 aliphatic carbocycles. The molecule has 1 aliphatic rings. The molecule has 4 N–H and O–H groups in total. The van der Waals surface area contributed by atoms with E-state index in [9.17, 15) is 20.1 Å². The van der Waals surface area contributed by atoms with Crippen LogP contribution in [-0.2, 0) is 9.53 Å². The smallest absolute Gasteiger partial charge is 0.335 e. The van der Waals surface area contributed by atoms with Crippen LogP contribution >= 0.6 is 11.6 Å². The lowest BCUT2D eigenvalue weighted by Crippen LogP contribution is -2.61. The summed E-state index contributed by atoms with van der Waals surface area (Å²) in [5.74, 6) is -1.16. The SMILES string of the molecule is O=C(O)C1OC(Oc2ccc(-c3ccc(Cl)cc3)cc2)C(O)C(O)C1O. The van der Waals surface area contributed by atoms with Crippen molar-refractivity contribution in [2.24, 2.45) is 0 Å². The first-order valence-electron chi connectivity index (χ1n) is 7.82. The van der Waals surface area contributed by atoms with Crippen molar-refractivity contribution in [3.8, 4) is 16.9 Å². The fraction of sp³-hybridized carbons (Fsp3) is 0.278. The fourth-order valence-corrected chi connectivity index (χ4v) is 2.78. The summed E-state index contributed by atoms with van der Waals surface area (Å²) in [7, 11) is 0. The van der Waals surface area contributed by atoms with Gasteiger partial charge in [0.15, 0.2) is 6.10 Å². The molecule has 5 atom stereocenters. The van der Waals surface area contributed by atoms with Crippen molar-refractivity contribution in [2.75, 3.05) is 0 Å². The number of carboxylic acids is 1. The molecule has 26 heavy (non-hydrogen) atoms. The minimum atomic E-state index is -1.75. The van der Waals surface area contributed by atoms with Gasteiger partial charge in [-0.15, -0.1) is 0 Å². The highest BCUT2D eigenvalue weighted by molar-refractivity contribution is 6.30. The molecule has 0 spiro atoms. The molecule has 1 heterocycles. The van der Waals surface area contributed by atoms with Crippen LogP contribution in [0.15, 0.2) is 48.5 Å². The molecule has 8 heteroatoms. The van der Waals surface area contributed by atoms with E-state index in [1.165, 1.54) is 0 Å². The molecule has 5 unspecified atom stereocenters. The van der Waals surface area contributed by atoms with Gasteiger partial charge < -0.3 is 29.9 Å². The van der Waals surface area contributed by atoms with Gasteiger partial charge in [0.1, 0.15) is 24.1 Å². The number of ether oxygens (including phenoxy) is 2. The second-order valence-electron chi connectivity index (χ2n) is 5.88. The zero-order valence-electron chi connectivity index (χ0n) is 13.4. The summed E-state index contributed by atoms with van der Waals surface area (Å²) >= 11 is 5.86. The monoisotopic (exact) mass is 380 g/mol. The number of aliphatic hydroxyl groups excluding tert-OH is 3. The van der Waals surface area contributed by atoms with Crippen molar-refractivity contribution >= 4 is 17.6 Å². The molecule has 0 saturated carbocycles. The molecule has 0 bridgehead atoms. The largest absolute Gasteiger partial charge is 0.479 e. The summed E-state index contributed by atoms with van der Waals surface area (Å²) in [6.45, 7) is 0. The number of hydrogen-bond donors (Lipinski definition) is 4. The number of aliphatic hydroxyl groups is 3. The zero-order valence-corrected chi connectivity index (χ0v) is 14.2. The number of carboxylic acid groups (broad SMARTS) is 1.